The first kappa shape index (κ1) is 11.1. The minimum absolute atomic E-state index is 0.181. The molecule has 1 heterocycles. The molecule has 0 radical (unpaired) electrons. The lowest BCUT2D eigenvalue weighted by molar-refractivity contribution is -0.141. The van der Waals surface area contributed by atoms with Crippen molar-refractivity contribution in [2.45, 2.75) is 13.0 Å². The van der Waals surface area contributed by atoms with Gasteiger partial charge in [0.1, 0.15) is 18.1 Å². The fourth-order valence-electron chi connectivity index (χ4n) is 0.939. The zero-order chi connectivity index (χ0) is 11.4. The molecule has 0 aliphatic heterocycles. The topological polar surface area (TPSA) is 83.4 Å². The summed E-state index contributed by atoms with van der Waals surface area (Å²) in [5.74, 6) is -1.49. The summed E-state index contributed by atoms with van der Waals surface area (Å²) < 4.78 is 0. The number of carboxylic acid groups (broad SMARTS) is 1. The number of hydrogen-bond donors (Lipinski definition) is 1. The van der Waals surface area contributed by atoms with Crippen LogP contribution in [-0.2, 0) is 4.79 Å². The Labute approximate surface area is 86.6 Å². The van der Waals surface area contributed by atoms with Gasteiger partial charge in [0, 0.05) is 13.2 Å². The highest BCUT2D eigenvalue weighted by Crippen LogP contribution is 2.02. The summed E-state index contributed by atoms with van der Waals surface area (Å²) in [6.45, 7) is 1.43. The lowest BCUT2D eigenvalue weighted by Gasteiger charge is -2.20. The van der Waals surface area contributed by atoms with E-state index in [0.717, 1.165) is 4.90 Å². The molecule has 1 rings (SSSR count). The van der Waals surface area contributed by atoms with Gasteiger partial charge in [-0.05, 0) is 13.0 Å². The van der Waals surface area contributed by atoms with E-state index in [1.807, 2.05) is 0 Å². The van der Waals surface area contributed by atoms with E-state index in [-0.39, 0.29) is 5.69 Å². The van der Waals surface area contributed by atoms with Crippen LogP contribution >= 0.6 is 0 Å². The number of nitrogens with zero attached hydrogens (tertiary/aromatic N) is 3. The molecule has 1 N–H and O–H groups in total. The van der Waals surface area contributed by atoms with Crippen LogP contribution in [-0.4, -0.2) is 44.9 Å². The summed E-state index contributed by atoms with van der Waals surface area (Å²) in [4.78, 5) is 30.8. The van der Waals surface area contributed by atoms with Gasteiger partial charge in [-0.3, -0.25) is 4.79 Å². The minimum atomic E-state index is -1.06. The molecule has 1 unspecified atom stereocenters. The third-order valence-corrected chi connectivity index (χ3v) is 2.06. The zero-order valence-corrected chi connectivity index (χ0v) is 8.41. The summed E-state index contributed by atoms with van der Waals surface area (Å²) in [6, 6.07) is 0.556. The lowest BCUT2D eigenvalue weighted by atomic mass is 10.2. The van der Waals surface area contributed by atoms with E-state index in [2.05, 4.69) is 9.97 Å². The van der Waals surface area contributed by atoms with Crippen molar-refractivity contribution >= 4 is 11.9 Å². The first-order valence-corrected chi connectivity index (χ1v) is 4.30. The van der Waals surface area contributed by atoms with Crippen molar-refractivity contribution in [2.75, 3.05) is 7.05 Å². The van der Waals surface area contributed by atoms with Crippen LogP contribution in [0.3, 0.4) is 0 Å². The number of rotatable bonds is 3. The molecule has 1 aromatic rings. The molecule has 0 spiro atoms. The van der Waals surface area contributed by atoms with Crippen molar-refractivity contribution < 1.29 is 14.7 Å². The van der Waals surface area contributed by atoms with Crippen molar-refractivity contribution in [1.82, 2.24) is 14.9 Å². The van der Waals surface area contributed by atoms with Gasteiger partial charge in [-0.15, -0.1) is 0 Å². The van der Waals surface area contributed by atoms with Crippen LogP contribution in [0.1, 0.15) is 17.4 Å². The maximum atomic E-state index is 11.7. The molecular formula is C9H11N3O3. The van der Waals surface area contributed by atoms with Crippen molar-refractivity contribution in [2.24, 2.45) is 0 Å². The monoisotopic (exact) mass is 209 g/mol. The second kappa shape index (κ2) is 4.50. The molecule has 15 heavy (non-hydrogen) atoms. The SMILES string of the molecule is CC(C(=O)O)N(C)C(=O)c1ccncn1. The zero-order valence-electron chi connectivity index (χ0n) is 8.41. The average molecular weight is 209 g/mol. The van der Waals surface area contributed by atoms with Crippen molar-refractivity contribution in [3.05, 3.63) is 24.3 Å². The molecule has 0 aliphatic rings. The Balaban J connectivity index is 2.82. The number of carbonyl (C=O) groups is 2. The molecule has 1 atom stereocenters. The smallest absolute Gasteiger partial charge is 0.326 e. The predicted octanol–water partition coefficient (Wildman–Crippen LogP) is 0.0217. The molecule has 80 valence electrons. The summed E-state index contributed by atoms with van der Waals surface area (Å²) in [5, 5.41) is 8.72. The van der Waals surface area contributed by atoms with Gasteiger partial charge in [-0.2, -0.15) is 0 Å². The van der Waals surface area contributed by atoms with Crippen molar-refractivity contribution in [1.29, 1.82) is 0 Å². The molecule has 1 aromatic heterocycles. The molecular weight excluding hydrogens is 198 g/mol. The van der Waals surface area contributed by atoms with Gasteiger partial charge in [0.2, 0.25) is 0 Å². The molecule has 0 fully saturated rings. The van der Waals surface area contributed by atoms with E-state index in [1.165, 1.54) is 32.6 Å². The van der Waals surface area contributed by atoms with Gasteiger partial charge >= 0.3 is 5.97 Å². The third kappa shape index (κ3) is 2.49. The van der Waals surface area contributed by atoms with Gasteiger partial charge in [0.25, 0.3) is 5.91 Å². The first-order chi connectivity index (χ1) is 7.04. The van der Waals surface area contributed by atoms with E-state index < -0.39 is 17.9 Å². The Hall–Kier alpha value is -1.98. The lowest BCUT2D eigenvalue weighted by Crippen LogP contribution is -2.40. The molecule has 0 saturated heterocycles. The highest BCUT2D eigenvalue weighted by atomic mass is 16.4. The number of amides is 1. The number of aliphatic carboxylic acids is 1. The highest BCUT2D eigenvalue weighted by Gasteiger charge is 2.23. The van der Waals surface area contributed by atoms with Crippen LogP contribution in [0, 0.1) is 0 Å². The normalized spacial score (nSPS) is 11.9. The standard InChI is InChI=1S/C9H11N3O3/c1-6(9(14)15)12(2)8(13)7-3-4-10-5-11-7/h3-6H,1-2H3,(H,14,15). The summed E-state index contributed by atoms with van der Waals surface area (Å²) in [6.07, 6.45) is 2.67. The van der Waals surface area contributed by atoms with Gasteiger partial charge in [0.05, 0.1) is 0 Å². The Morgan fingerprint density at radius 1 is 1.53 bits per heavy atom. The second-order valence-electron chi connectivity index (χ2n) is 3.02. The maximum absolute atomic E-state index is 11.7. The molecule has 0 bridgehead atoms. The summed E-state index contributed by atoms with van der Waals surface area (Å²) >= 11 is 0. The van der Waals surface area contributed by atoms with Crippen molar-refractivity contribution in [3.8, 4) is 0 Å². The van der Waals surface area contributed by atoms with E-state index in [4.69, 9.17) is 5.11 Å². The molecule has 0 saturated carbocycles. The van der Waals surface area contributed by atoms with E-state index in [1.54, 1.807) is 0 Å². The maximum Gasteiger partial charge on any atom is 0.326 e. The van der Waals surface area contributed by atoms with E-state index >= 15 is 0 Å². The molecule has 6 heteroatoms. The van der Waals surface area contributed by atoms with Gasteiger partial charge in [-0.25, -0.2) is 14.8 Å². The van der Waals surface area contributed by atoms with Crippen molar-refractivity contribution in [3.63, 3.8) is 0 Å². The fourth-order valence-corrected chi connectivity index (χ4v) is 0.939. The fraction of sp³-hybridized carbons (Fsp3) is 0.333. The van der Waals surface area contributed by atoms with E-state index in [9.17, 15) is 9.59 Å². The largest absolute Gasteiger partial charge is 0.480 e. The van der Waals surface area contributed by atoms with Crippen LogP contribution in [0.4, 0.5) is 0 Å². The van der Waals surface area contributed by atoms with Gasteiger partial charge in [-0.1, -0.05) is 0 Å². The van der Waals surface area contributed by atoms with Gasteiger partial charge < -0.3 is 10.0 Å². The third-order valence-electron chi connectivity index (χ3n) is 2.06. The molecule has 6 nitrogen and oxygen atoms in total. The molecule has 0 aromatic carbocycles. The number of carbonyl (C=O) groups excluding carboxylic acids is 1. The minimum Gasteiger partial charge on any atom is -0.480 e. The quantitative estimate of drug-likeness (QED) is 0.758. The van der Waals surface area contributed by atoms with E-state index in [0.29, 0.717) is 0 Å². The summed E-state index contributed by atoms with van der Waals surface area (Å²) in [7, 11) is 1.42. The first-order valence-electron chi connectivity index (χ1n) is 4.30. The number of aromatic nitrogens is 2. The Morgan fingerprint density at radius 2 is 2.20 bits per heavy atom. The highest BCUT2D eigenvalue weighted by molar-refractivity contribution is 5.94. The Morgan fingerprint density at radius 3 is 2.67 bits per heavy atom. The van der Waals surface area contributed by atoms with Crippen LogP contribution in [0.15, 0.2) is 18.6 Å². The molecule has 0 aliphatic carbocycles. The van der Waals surface area contributed by atoms with Crippen LogP contribution in [0.25, 0.3) is 0 Å². The Kier molecular flexibility index (Phi) is 3.33. The predicted molar refractivity (Wildman–Crippen MR) is 51.2 cm³/mol. The second-order valence-corrected chi connectivity index (χ2v) is 3.02. The van der Waals surface area contributed by atoms with Crippen LogP contribution < -0.4 is 0 Å². The summed E-state index contributed by atoms with van der Waals surface area (Å²) in [5.41, 5.74) is 0.181. The number of hydrogen-bond acceptors (Lipinski definition) is 4. The Bertz CT molecular complexity index is 366. The van der Waals surface area contributed by atoms with Crippen LogP contribution in [0.2, 0.25) is 0 Å². The number of carboxylic acids is 1. The van der Waals surface area contributed by atoms with Crippen LogP contribution in [0.5, 0.6) is 0 Å². The molecule has 1 amide bonds. The number of likely N-dealkylation sites (N-methyl/N-ethyl adjacent to an activating group) is 1. The average Bonchev–Trinajstić information content (AvgIpc) is 2.27. The van der Waals surface area contributed by atoms with Gasteiger partial charge in [0.15, 0.2) is 0 Å².